The third kappa shape index (κ3) is 5.57. The molecule has 82 valence electrons. The zero-order valence-corrected chi connectivity index (χ0v) is 11.0. The third-order valence-corrected chi connectivity index (χ3v) is 2.63. The average Bonchev–Trinajstić information content (AvgIpc) is 2.14. The summed E-state index contributed by atoms with van der Waals surface area (Å²) in [5.74, 6) is 2.10. The highest BCUT2D eigenvalue weighted by Crippen LogP contribution is 2.12. The summed E-state index contributed by atoms with van der Waals surface area (Å²) >= 11 is 0. The smallest absolute Gasteiger partial charge is 0.0236 e. The van der Waals surface area contributed by atoms with Crippen molar-refractivity contribution in [2.24, 2.45) is 0 Å². The van der Waals surface area contributed by atoms with Gasteiger partial charge in [0.2, 0.25) is 0 Å². The van der Waals surface area contributed by atoms with Gasteiger partial charge in [-0.1, -0.05) is 31.8 Å². The maximum absolute atomic E-state index is 3.99. The minimum atomic E-state index is 1.04. The Hall–Kier alpha value is -0.130. The van der Waals surface area contributed by atoms with E-state index in [1.54, 1.807) is 0 Å². The van der Waals surface area contributed by atoms with Gasteiger partial charge in [-0.2, -0.15) is 0 Å². The Morgan fingerprint density at radius 2 is 1.79 bits per heavy atom. The van der Waals surface area contributed by atoms with E-state index in [9.17, 15) is 0 Å². The Balaban J connectivity index is 4.18. The minimum Gasteiger partial charge on any atom is -0.299 e. The van der Waals surface area contributed by atoms with E-state index in [1.807, 2.05) is 0 Å². The second-order valence-electron chi connectivity index (χ2n) is 3.75. The second-order valence-corrected chi connectivity index (χ2v) is 4.08. The average molecular weight is 213 g/mol. The molecule has 0 amide bonds. The molecule has 14 heavy (non-hydrogen) atoms. The molecule has 0 aromatic heterocycles. The largest absolute Gasteiger partial charge is 0.299 e. The summed E-state index contributed by atoms with van der Waals surface area (Å²) in [6.45, 7) is 13.9. The van der Waals surface area contributed by atoms with Crippen LogP contribution in [0.2, 0.25) is 0 Å². The quantitative estimate of drug-likeness (QED) is 0.462. The molecule has 0 radical (unpaired) electrons. The van der Waals surface area contributed by atoms with E-state index in [0.29, 0.717) is 0 Å². The standard InChI is InChI=1S/C12H24NP/c1-5-7-13(8-6-2)9-12(10-14)11(3)4/h10H,3,5-9,14H2,1-2,4H3/b12-10-. The van der Waals surface area contributed by atoms with Crippen LogP contribution < -0.4 is 0 Å². The predicted octanol–water partition coefficient (Wildman–Crippen LogP) is 3.44. The van der Waals surface area contributed by atoms with Crippen LogP contribution in [-0.2, 0) is 0 Å². The van der Waals surface area contributed by atoms with Crippen molar-refractivity contribution in [1.82, 2.24) is 4.90 Å². The molecular weight excluding hydrogens is 189 g/mol. The van der Waals surface area contributed by atoms with Crippen LogP contribution in [0.4, 0.5) is 0 Å². The highest BCUT2D eigenvalue weighted by atomic mass is 31.0. The molecule has 1 nitrogen and oxygen atoms in total. The first kappa shape index (κ1) is 13.9. The van der Waals surface area contributed by atoms with Gasteiger partial charge in [0, 0.05) is 6.54 Å². The molecule has 0 saturated carbocycles. The first-order valence-electron chi connectivity index (χ1n) is 5.44. The summed E-state index contributed by atoms with van der Waals surface area (Å²) in [6.07, 6.45) is 2.45. The third-order valence-electron chi connectivity index (χ3n) is 2.22. The first-order chi connectivity index (χ1) is 6.65. The summed E-state index contributed by atoms with van der Waals surface area (Å²) < 4.78 is 0. The van der Waals surface area contributed by atoms with Crippen molar-refractivity contribution in [3.05, 3.63) is 23.5 Å². The van der Waals surface area contributed by atoms with Crippen molar-refractivity contribution in [1.29, 1.82) is 0 Å². The van der Waals surface area contributed by atoms with Gasteiger partial charge in [0.25, 0.3) is 0 Å². The molecule has 0 rings (SSSR count). The van der Waals surface area contributed by atoms with Crippen LogP contribution in [0.1, 0.15) is 33.6 Å². The zero-order valence-electron chi connectivity index (χ0n) is 9.84. The molecule has 0 aliphatic heterocycles. The van der Waals surface area contributed by atoms with Crippen molar-refractivity contribution in [2.75, 3.05) is 19.6 Å². The maximum atomic E-state index is 3.99. The molecule has 0 N–H and O–H groups in total. The Labute approximate surface area is 91.5 Å². The second kappa shape index (κ2) is 8.20. The summed E-state index contributed by atoms with van der Waals surface area (Å²) in [6, 6.07) is 0. The Morgan fingerprint density at radius 3 is 2.07 bits per heavy atom. The van der Waals surface area contributed by atoms with E-state index in [-0.39, 0.29) is 0 Å². The zero-order chi connectivity index (χ0) is 11.0. The van der Waals surface area contributed by atoms with Gasteiger partial charge in [-0.05, 0) is 38.4 Å². The lowest BCUT2D eigenvalue weighted by Crippen LogP contribution is -2.27. The fourth-order valence-corrected chi connectivity index (χ4v) is 1.86. The van der Waals surface area contributed by atoms with Crippen LogP contribution in [-0.4, -0.2) is 24.5 Å². The molecule has 0 fully saturated rings. The molecule has 0 saturated heterocycles. The molecule has 0 aromatic carbocycles. The molecule has 2 heteroatoms. The van der Waals surface area contributed by atoms with Gasteiger partial charge in [0.1, 0.15) is 0 Å². The van der Waals surface area contributed by atoms with E-state index in [0.717, 1.165) is 6.54 Å². The van der Waals surface area contributed by atoms with Crippen molar-refractivity contribution < 1.29 is 0 Å². The molecule has 1 unspecified atom stereocenters. The fraction of sp³-hybridized carbons (Fsp3) is 0.667. The van der Waals surface area contributed by atoms with Crippen molar-refractivity contribution in [3.63, 3.8) is 0 Å². The molecule has 0 aliphatic carbocycles. The van der Waals surface area contributed by atoms with Crippen LogP contribution in [0.25, 0.3) is 0 Å². The van der Waals surface area contributed by atoms with E-state index >= 15 is 0 Å². The molecule has 0 bridgehead atoms. The highest BCUT2D eigenvalue weighted by Gasteiger charge is 2.05. The van der Waals surface area contributed by atoms with Crippen molar-refractivity contribution in [3.8, 4) is 0 Å². The topological polar surface area (TPSA) is 3.24 Å². The van der Waals surface area contributed by atoms with Gasteiger partial charge in [0.15, 0.2) is 0 Å². The van der Waals surface area contributed by atoms with Crippen LogP contribution in [0.3, 0.4) is 0 Å². The van der Waals surface area contributed by atoms with Crippen LogP contribution in [0.15, 0.2) is 23.5 Å². The Bertz CT molecular complexity index is 190. The molecule has 0 heterocycles. The normalized spacial score (nSPS) is 12.2. The van der Waals surface area contributed by atoms with Crippen molar-refractivity contribution in [2.45, 2.75) is 33.6 Å². The number of hydrogen-bond donors (Lipinski definition) is 0. The molecule has 0 spiro atoms. The lowest BCUT2D eigenvalue weighted by molar-refractivity contribution is 0.298. The van der Waals surface area contributed by atoms with Gasteiger partial charge >= 0.3 is 0 Å². The molecule has 0 aromatic rings. The maximum Gasteiger partial charge on any atom is 0.0236 e. The van der Waals surface area contributed by atoms with Gasteiger partial charge in [-0.25, -0.2) is 0 Å². The summed E-state index contributed by atoms with van der Waals surface area (Å²) in [4.78, 5) is 2.49. The van der Waals surface area contributed by atoms with Crippen LogP contribution in [0, 0.1) is 0 Å². The van der Waals surface area contributed by atoms with Gasteiger partial charge in [0.05, 0.1) is 0 Å². The van der Waals surface area contributed by atoms with E-state index in [2.05, 4.69) is 47.3 Å². The fourth-order valence-electron chi connectivity index (χ4n) is 1.47. The van der Waals surface area contributed by atoms with E-state index in [4.69, 9.17) is 0 Å². The van der Waals surface area contributed by atoms with E-state index in [1.165, 1.54) is 37.1 Å². The van der Waals surface area contributed by atoms with Crippen molar-refractivity contribution >= 4 is 9.24 Å². The van der Waals surface area contributed by atoms with E-state index < -0.39 is 0 Å². The lowest BCUT2D eigenvalue weighted by atomic mass is 10.1. The number of rotatable bonds is 7. The summed E-state index contributed by atoms with van der Waals surface area (Å²) in [5.41, 5.74) is 2.52. The monoisotopic (exact) mass is 213 g/mol. The molecular formula is C12H24NP. The Morgan fingerprint density at radius 1 is 1.29 bits per heavy atom. The molecule has 1 atom stereocenters. The minimum absolute atomic E-state index is 1.04. The van der Waals surface area contributed by atoms with Gasteiger partial charge < -0.3 is 0 Å². The SMILES string of the molecule is C=C(C)/C(=C\P)CN(CCC)CCC. The van der Waals surface area contributed by atoms with Gasteiger partial charge in [-0.3, -0.25) is 4.90 Å². The van der Waals surface area contributed by atoms with Crippen LogP contribution in [0.5, 0.6) is 0 Å². The summed E-state index contributed by atoms with van der Waals surface area (Å²) in [5, 5.41) is 0. The van der Waals surface area contributed by atoms with Crippen LogP contribution >= 0.6 is 9.24 Å². The lowest BCUT2D eigenvalue weighted by Gasteiger charge is -2.22. The number of hydrogen-bond acceptors (Lipinski definition) is 1. The first-order valence-corrected chi connectivity index (χ1v) is 6.11. The predicted molar refractivity (Wildman–Crippen MR) is 69.6 cm³/mol. The van der Waals surface area contributed by atoms with Gasteiger partial charge in [-0.15, -0.1) is 9.24 Å². The molecule has 0 aliphatic rings. The highest BCUT2D eigenvalue weighted by molar-refractivity contribution is 7.20. The Kier molecular flexibility index (Phi) is 8.12. The summed E-state index contributed by atoms with van der Waals surface area (Å²) in [7, 11) is 2.68. The number of nitrogens with zero attached hydrogens (tertiary/aromatic N) is 1.